The lowest BCUT2D eigenvalue weighted by molar-refractivity contribution is -0.143. The Balaban J connectivity index is 2.04. The van der Waals surface area contributed by atoms with Crippen molar-refractivity contribution in [1.82, 2.24) is 20.2 Å². The van der Waals surface area contributed by atoms with E-state index in [2.05, 4.69) is 15.6 Å². The highest BCUT2D eigenvalue weighted by atomic mass is 16.4. The molecule has 202 valence electrons. The molecular formula is C28H34N4O6. The average Bonchev–Trinajstić information content (AvgIpc) is 2.89. The molecule has 10 nitrogen and oxygen atoms in total. The maximum absolute atomic E-state index is 13.8. The summed E-state index contributed by atoms with van der Waals surface area (Å²) in [5, 5.41) is 15.0. The molecule has 3 aromatic rings. The van der Waals surface area contributed by atoms with Crippen LogP contribution in [0, 0.1) is 11.8 Å². The van der Waals surface area contributed by atoms with Gasteiger partial charge in [-0.2, -0.15) is 0 Å². The van der Waals surface area contributed by atoms with Crippen LogP contribution in [-0.4, -0.2) is 44.5 Å². The number of nitrogens with one attached hydrogen (secondary N) is 3. The van der Waals surface area contributed by atoms with Gasteiger partial charge >= 0.3 is 11.7 Å². The van der Waals surface area contributed by atoms with Crippen LogP contribution in [0.15, 0.2) is 64.2 Å². The normalized spacial score (nSPS) is 14.4. The summed E-state index contributed by atoms with van der Waals surface area (Å²) in [7, 11) is 0. The number of aromatic amines is 1. The number of carbonyl (C=O) groups is 3. The van der Waals surface area contributed by atoms with E-state index in [1.165, 1.54) is 0 Å². The minimum atomic E-state index is -1.27. The second kappa shape index (κ2) is 12.4. The molecular weight excluding hydrogens is 488 g/mol. The Morgan fingerprint density at radius 2 is 1.50 bits per heavy atom. The van der Waals surface area contributed by atoms with Gasteiger partial charge in [0.05, 0.1) is 10.9 Å². The number of aromatic nitrogens is 2. The third kappa shape index (κ3) is 6.37. The predicted molar refractivity (Wildman–Crippen MR) is 144 cm³/mol. The van der Waals surface area contributed by atoms with Crippen molar-refractivity contribution in [3.05, 3.63) is 81.0 Å². The van der Waals surface area contributed by atoms with Crippen molar-refractivity contribution < 1.29 is 19.5 Å². The molecule has 0 aliphatic heterocycles. The van der Waals surface area contributed by atoms with Crippen LogP contribution in [0.25, 0.3) is 10.9 Å². The number of H-pyrrole nitrogens is 1. The number of carboxylic acids is 1. The molecule has 0 saturated carbocycles. The number of benzene rings is 2. The summed E-state index contributed by atoms with van der Waals surface area (Å²) in [5.74, 6) is -3.27. The number of hydrogen-bond acceptors (Lipinski definition) is 5. The second-order valence-corrected chi connectivity index (χ2v) is 9.80. The molecule has 1 aromatic heterocycles. The van der Waals surface area contributed by atoms with Gasteiger partial charge in [0, 0.05) is 6.42 Å². The summed E-state index contributed by atoms with van der Waals surface area (Å²) in [6.07, 6.45) is 0.532. The molecule has 1 unspecified atom stereocenters. The van der Waals surface area contributed by atoms with E-state index in [9.17, 15) is 29.1 Å². The Kier molecular flexibility index (Phi) is 9.22. The topological polar surface area (TPSA) is 150 Å². The van der Waals surface area contributed by atoms with E-state index in [1.807, 2.05) is 13.0 Å². The van der Waals surface area contributed by atoms with Crippen LogP contribution >= 0.6 is 0 Å². The first-order valence-electron chi connectivity index (χ1n) is 12.7. The first-order chi connectivity index (χ1) is 18.0. The van der Waals surface area contributed by atoms with E-state index in [0.717, 1.165) is 4.57 Å². The van der Waals surface area contributed by atoms with Gasteiger partial charge in [-0.15, -0.1) is 0 Å². The SMILES string of the molecule is CCC(C)[C@H](NC(=O)[C@@H](Cc1ccccc1)n1c(=O)[nH]c2ccccc2c1=O)C(=O)N[C@H](C(=O)O)C(C)C. The van der Waals surface area contributed by atoms with Gasteiger partial charge in [-0.1, -0.05) is 76.6 Å². The molecule has 38 heavy (non-hydrogen) atoms. The summed E-state index contributed by atoms with van der Waals surface area (Å²) in [5.41, 5.74) is -0.318. The number of carbonyl (C=O) groups excluding carboxylic acids is 2. The quantitative estimate of drug-likeness (QED) is 0.303. The van der Waals surface area contributed by atoms with E-state index >= 15 is 0 Å². The van der Waals surface area contributed by atoms with Crippen molar-refractivity contribution in [2.45, 2.75) is 58.7 Å². The number of fused-ring (bicyclic) bond motifs is 1. The Hall–Kier alpha value is -4.21. The molecule has 0 aliphatic carbocycles. The average molecular weight is 523 g/mol. The van der Waals surface area contributed by atoms with Crippen molar-refractivity contribution in [1.29, 1.82) is 0 Å². The number of hydrogen-bond donors (Lipinski definition) is 4. The lowest BCUT2D eigenvalue weighted by atomic mass is 9.96. The lowest BCUT2D eigenvalue weighted by Crippen LogP contribution is -2.57. The molecule has 1 heterocycles. The third-order valence-corrected chi connectivity index (χ3v) is 6.75. The number of nitrogens with zero attached hydrogens (tertiary/aromatic N) is 1. The van der Waals surface area contributed by atoms with Crippen molar-refractivity contribution in [2.24, 2.45) is 11.8 Å². The molecule has 3 rings (SSSR count). The Morgan fingerprint density at radius 1 is 0.895 bits per heavy atom. The highest BCUT2D eigenvalue weighted by molar-refractivity contribution is 5.92. The molecule has 4 atom stereocenters. The van der Waals surface area contributed by atoms with E-state index in [0.29, 0.717) is 17.5 Å². The second-order valence-electron chi connectivity index (χ2n) is 9.80. The van der Waals surface area contributed by atoms with Crippen LogP contribution in [0.3, 0.4) is 0 Å². The van der Waals surface area contributed by atoms with Gasteiger partial charge in [0.2, 0.25) is 11.8 Å². The zero-order valence-corrected chi connectivity index (χ0v) is 21.9. The van der Waals surface area contributed by atoms with E-state index in [-0.39, 0.29) is 23.6 Å². The molecule has 0 radical (unpaired) electrons. The van der Waals surface area contributed by atoms with Crippen LogP contribution in [-0.2, 0) is 20.8 Å². The Bertz CT molecular complexity index is 1410. The number of rotatable bonds is 11. The van der Waals surface area contributed by atoms with Gasteiger partial charge in [-0.05, 0) is 29.5 Å². The van der Waals surface area contributed by atoms with Crippen molar-refractivity contribution in [3.8, 4) is 0 Å². The smallest absolute Gasteiger partial charge is 0.329 e. The van der Waals surface area contributed by atoms with Gasteiger partial charge in [0.25, 0.3) is 5.56 Å². The fourth-order valence-corrected chi connectivity index (χ4v) is 4.31. The molecule has 10 heteroatoms. The van der Waals surface area contributed by atoms with Gasteiger partial charge in [-0.25, -0.2) is 14.2 Å². The molecule has 0 fully saturated rings. The summed E-state index contributed by atoms with van der Waals surface area (Å²) >= 11 is 0. The monoisotopic (exact) mass is 522 g/mol. The predicted octanol–water partition coefficient (Wildman–Crippen LogP) is 2.23. The molecule has 2 aromatic carbocycles. The van der Waals surface area contributed by atoms with Crippen molar-refractivity contribution in [2.75, 3.05) is 0 Å². The summed E-state index contributed by atoms with van der Waals surface area (Å²) < 4.78 is 0.879. The summed E-state index contributed by atoms with van der Waals surface area (Å²) in [6, 6.07) is 12.0. The van der Waals surface area contributed by atoms with E-state index in [1.54, 1.807) is 69.3 Å². The number of carboxylic acid groups (broad SMARTS) is 1. The zero-order valence-electron chi connectivity index (χ0n) is 21.9. The number of amides is 2. The van der Waals surface area contributed by atoms with Gasteiger partial charge < -0.3 is 20.7 Å². The summed E-state index contributed by atoms with van der Waals surface area (Å²) in [6.45, 7) is 6.94. The maximum Gasteiger partial charge on any atom is 0.329 e. The minimum Gasteiger partial charge on any atom is -0.480 e. The molecule has 0 aliphatic rings. The zero-order chi connectivity index (χ0) is 28.0. The van der Waals surface area contributed by atoms with Crippen molar-refractivity contribution in [3.63, 3.8) is 0 Å². The fourth-order valence-electron chi connectivity index (χ4n) is 4.31. The molecule has 4 N–H and O–H groups in total. The highest BCUT2D eigenvalue weighted by Crippen LogP contribution is 2.16. The first-order valence-corrected chi connectivity index (χ1v) is 12.7. The summed E-state index contributed by atoms with van der Waals surface area (Å²) in [4.78, 5) is 67.8. The Labute approximate surface area is 220 Å². The van der Waals surface area contributed by atoms with Gasteiger partial charge in [-0.3, -0.25) is 14.4 Å². The maximum atomic E-state index is 13.8. The molecule has 2 amide bonds. The third-order valence-electron chi connectivity index (χ3n) is 6.75. The fraction of sp³-hybridized carbons (Fsp3) is 0.393. The standard InChI is InChI=1S/C28H34N4O6/c1-5-17(4)23(25(34)30-22(16(2)3)27(36)37)31-24(33)21(15-18-11-7-6-8-12-18)32-26(35)19-13-9-10-14-20(19)29-28(32)38/h6-14,16-17,21-23H,5,15H2,1-4H3,(H,29,38)(H,30,34)(H,31,33)(H,36,37)/t17?,21-,22+,23+/m1/s1. The van der Waals surface area contributed by atoms with Crippen LogP contribution in [0.1, 0.15) is 45.7 Å². The Morgan fingerprint density at radius 3 is 2.11 bits per heavy atom. The largest absolute Gasteiger partial charge is 0.480 e. The van der Waals surface area contributed by atoms with Gasteiger partial charge in [0.15, 0.2) is 0 Å². The van der Waals surface area contributed by atoms with E-state index in [4.69, 9.17) is 0 Å². The van der Waals surface area contributed by atoms with Crippen LogP contribution in [0.5, 0.6) is 0 Å². The molecule has 0 spiro atoms. The van der Waals surface area contributed by atoms with Gasteiger partial charge in [0.1, 0.15) is 18.1 Å². The van der Waals surface area contributed by atoms with E-state index < -0.39 is 47.2 Å². The highest BCUT2D eigenvalue weighted by Gasteiger charge is 2.34. The number of aliphatic carboxylic acids is 1. The number of para-hydroxylation sites is 1. The lowest BCUT2D eigenvalue weighted by Gasteiger charge is -2.28. The van der Waals surface area contributed by atoms with Crippen molar-refractivity contribution >= 4 is 28.7 Å². The minimum absolute atomic E-state index is 0.0204. The first kappa shape index (κ1) is 28.4. The van der Waals surface area contributed by atoms with Crippen LogP contribution < -0.4 is 21.9 Å². The van der Waals surface area contributed by atoms with Crippen LogP contribution in [0.2, 0.25) is 0 Å². The molecule has 0 saturated heterocycles. The van der Waals surface area contributed by atoms with Crippen LogP contribution in [0.4, 0.5) is 0 Å². The molecule has 0 bridgehead atoms.